The Balaban J connectivity index is 1.35. The maximum Gasteiger partial charge on any atom is 0.255 e. The molecular weight excluding hydrogens is 490 g/mol. The van der Waals surface area contributed by atoms with Crippen LogP contribution in [0.5, 0.6) is 5.75 Å². The summed E-state index contributed by atoms with van der Waals surface area (Å²) in [6.45, 7) is 6.32. The zero-order chi connectivity index (χ0) is 25.5. The Morgan fingerprint density at radius 3 is 2.56 bits per heavy atom. The Kier molecular flexibility index (Phi) is 8.40. The minimum atomic E-state index is -0.356. The van der Waals surface area contributed by atoms with Crippen LogP contribution in [0.3, 0.4) is 0 Å². The highest BCUT2D eigenvalue weighted by Crippen LogP contribution is 2.29. The molecule has 0 aliphatic carbocycles. The number of rotatable bonds is 9. The van der Waals surface area contributed by atoms with Gasteiger partial charge in [-0.2, -0.15) is 0 Å². The number of benzene rings is 3. The van der Waals surface area contributed by atoms with E-state index in [-0.39, 0.29) is 17.1 Å². The van der Waals surface area contributed by atoms with Crippen LogP contribution < -0.4 is 15.4 Å². The van der Waals surface area contributed by atoms with Gasteiger partial charge in [-0.25, -0.2) is 4.98 Å². The topological polar surface area (TPSA) is 80.3 Å². The van der Waals surface area contributed by atoms with Crippen LogP contribution in [-0.2, 0) is 4.79 Å². The summed E-state index contributed by atoms with van der Waals surface area (Å²) in [7, 11) is 0. The standard InChI is InChI=1S/C28H27N3O3S2/c1-4-34-22-14-12-20(13-15-22)25-17-35-28(30-25)31-26(32)19(3)36-23-10-7-9-21(16-23)29-27(33)24-11-6-5-8-18(24)2/h5-17,19H,4H2,1-3H3,(H,29,33)(H,30,31,32). The van der Waals surface area contributed by atoms with Crippen molar-refractivity contribution in [1.29, 1.82) is 0 Å². The lowest BCUT2D eigenvalue weighted by Crippen LogP contribution is -2.22. The third-order valence-corrected chi connectivity index (χ3v) is 7.21. The van der Waals surface area contributed by atoms with E-state index in [1.165, 1.54) is 23.1 Å². The van der Waals surface area contributed by atoms with E-state index in [0.29, 0.717) is 23.0 Å². The number of hydrogen-bond donors (Lipinski definition) is 2. The van der Waals surface area contributed by atoms with Crippen LogP contribution in [0, 0.1) is 6.92 Å². The maximum atomic E-state index is 12.8. The Morgan fingerprint density at radius 1 is 1.03 bits per heavy atom. The van der Waals surface area contributed by atoms with Crippen LogP contribution in [-0.4, -0.2) is 28.7 Å². The summed E-state index contributed by atoms with van der Waals surface area (Å²) >= 11 is 2.81. The van der Waals surface area contributed by atoms with E-state index in [2.05, 4.69) is 15.6 Å². The highest BCUT2D eigenvalue weighted by Gasteiger charge is 2.17. The molecule has 2 N–H and O–H groups in total. The average Bonchev–Trinajstić information content (AvgIpc) is 3.33. The van der Waals surface area contributed by atoms with E-state index in [1.807, 2.05) is 92.9 Å². The zero-order valence-corrected chi connectivity index (χ0v) is 21.9. The summed E-state index contributed by atoms with van der Waals surface area (Å²) in [5.74, 6) is 0.518. The van der Waals surface area contributed by atoms with Crippen LogP contribution >= 0.6 is 23.1 Å². The molecule has 0 aliphatic heterocycles. The average molecular weight is 518 g/mol. The van der Waals surface area contributed by atoms with Crippen molar-refractivity contribution >= 4 is 45.7 Å². The van der Waals surface area contributed by atoms with Crippen molar-refractivity contribution in [3.05, 3.63) is 89.3 Å². The highest BCUT2D eigenvalue weighted by molar-refractivity contribution is 8.00. The van der Waals surface area contributed by atoms with E-state index in [4.69, 9.17) is 4.74 Å². The lowest BCUT2D eigenvalue weighted by Gasteiger charge is -2.12. The second-order valence-corrected chi connectivity index (χ2v) is 10.3. The SMILES string of the molecule is CCOc1ccc(-c2csc(NC(=O)C(C)Sc3cccc(NC(=O)c4ccccc4C)c3)n2)cc1. The van der Waals surface area contributed by atoms with E-state index >= 15 is 0 Å². The number of anilines is 2. The van der Waals surface area contributed by atoms with Crippen LogP contribution in [0.15, 0.2) is 83.1 Å². The second kappa shape index (κ2) is 11.9. The van der Waals surface area contributed by atoms with Gasteiger partial charge in [0.15, 0.2) is 5.13 Å². The Bertz CT molecular complexity index is 1350. The number of nitrogens with zero attached hydrogens (tertiary/aromatic N) is 1. The van der Waals surface area contributed by atoms with Gasteiger partial charge in [-0.1, -0.05) is 24.3 Å². The van der Waals surface area contributed by atoms with E-state index < -0.39 is 0 Å². The normalized spacial score (nSPS) is 11.5. The number of aryl methyl sites for hydroxylation is 1. The summed E-state index contributed by atoms with van der Waals surface area (Å²) in [5.41, 5.74) is 3.99. The van der Waals surface area contributed by atoms with Gasteiger partial charge in [0.1, 0.15) is 5.75 Å². The number of nitrogens with one attached hydrogen (secondary N) is 2. The van der Waals surface area contributed by atoms with Gasteiger partial charge < -0.3 is 15.4 Å². The third-order valence-electron chi connectivity index (χ3n) is 5.36. The molecule has 1 aromatic heterocycles. The fourth-order valence-corrected chi connectivity index (χ4v) is 5.14. The Morgan fingerprint density at radius 2 is 1.81 bits per heavy atom. The molecule has 36 heavy (non-hydrogen) atoms. The Labute approximate surface area is 219 Å². The first-order chi connectivity index (χ1) is 17.4. The second-order valence-electron chi connectivity index (χ2n) is 8.04. The smallest absolute Gasteiger partial charge is 0.255 e. The number of thioether (sulfide) groups is 1. The van der Waals surface area contributed by atoms with Crippen LogP contribution in [0.25, 0.3) is 11.3 Å². The summed E-state index contributed by atoms with van der Waals surface area (Å²) in [6, 6.07) is 22.7. The molecule has 0 bridgehead atoms. The van der Waals surface area contributed by atoms with Gasteiger partial charge in [0.2, 0.25) is 5.91 Å². The van der Waals surface area contributed by atoms with E-state index in [9.17, 15) is 9.59 Å². The fraction of sp³-hybridized carbons (Fsp3) is 0.179. The molecule has 8 heteroatoms. The molecule has 3 aromatic carbocycles. The van der Waals surface area contributed by atoms with Gasteiger partial charge in [-0.3, -0.25) is 9.59 Å². The zero-order valence-electron chi connectivity index (χ0n) is 20.3. The van der Waals surface area contributed by atoms with E-state index in [0.717, 1.165) is 27.5 Å². The number of hydrogen-bond acceptors (Lipinski definition) is 6. The third kappa shape index (κ3) is 6.53. The lowest BCUT2D eigenvalue weighted by molar-refractivity contribution is -0.115. The van der Waals surface area contributed by atoms with Crippen LogP contribution in [0.1, 0.15) is 29.8 Å². The number of amides is 2. The molecule has 1 unspecified atom stereocenters. The molecule has 0 saturated heterocycles. The first-order valence-electron chi connectivity index (χ1n) is 11.6. The number of thiazole rings is 1. The largest absolute Gasteiger partial charge is 0.494 e. The predicted molar refractivity (Wildman–Crippen MR) is 148 cm³/mol. The molecule has 0 aliphatic rings. The molecule has 0 fully saturated rings. The number of carbonyl (C=O) groups excluding carboxylic acids is 2. The minimum absolute atomic E-state index is 0.137. The Hall–Kier alpha value is -3.62. The number of aromatic nitrogens is 1. The molecule has 6 nitrogen and oxygen atoms in total. The summed E-state index contributed by atoms with van der Waals surface area (Å²) in [4.78, 5) is 30.9. The number of ether oxygens (including phenoxy) is 1. The van der Waals surface area contributed by atoms with Gasteiger partial charge in [0.25, 0.3) is 5.91 Å². The summed E-state index contributed by atoms with van der Waals surface area (Å²) in [5, 5.41) is 7.97. The number of carbonyl (C=O) groups is 2. The van der Waals surface area contributed by atoms with Crippen molar-refractivity contribution in [2.24, 2.45) is 0 Å². The van der Waals surface area contributed by atoms with Crippen molar-refractivity contribution in [2.75, 3.05) is 17.2 Å². The van der Waals surface area contributed by atoms with Crippen LogP contribution in [0.4, 0.5) is 10.8 Å². The first-order valence-corrected chi connectivity index (χ1v) is 13.3. The van der Waals surface area contributed by atoms with Crippen molar-refractivity contribution in [3.63, 3.8) is 0 Å². The summed E-state index contributed by atoms with van der Waals surface area (Å²) in [6.07, 6.45) is 0. The van der Waals surface area contributed by atoms with Crippen molar-refractivity contribution in [1.82, 2.24) is 4.98 Å². The molecular formula is C28H27N3O3S2. The van der Waals surface area contributed by atoms with Crippen molar-refractivity contribution < 1.29 is 14.3 Å². The molecule has 0 radical (unpaired) electrons. The molecule has 0 spiro atoms. The van der Waals surface area contributed by atoms with Gasteiger partial charge in [-0.05, 0) is 74.9 Å². The monoisotopic (exact) mass is 517 g/mol. The lowest BCUT2D eigenvalue weighted by atomic mass is 10.1. The van der Waals surface area contributed by atoms with Gasteiger partial charge >= 0.3 is 0 Å². The quantitative estimate of drug-likeness (QED) is 0.236. The predicted octanol–water partition coefficient (Wildman–Crippen LogP) is 6.89. The highest BCUT2D eigenvalue weighted by atomic mass is 32.2. The summed E-state index contributed by atoms with van der Waals surface area (Å²) < 4.78 is 5.48. The molecule has 4 aromatic rings. The van der Waals surface area contributed by atoms with Gasteiger partial charge in [-0.15, -0.1) is 23.1 Å². The van der Waals surface area contributed by atoms with Crippen LogP contribution in [0.2, 0.25) is 0 Å². The van der Waals surface area contributed by atoms with Gasteiger partial charge in [0, 0.05) is 27.1 Å². The molecule has 4 rings (SSSR count). The minimum Gasteiger partial charge on any atom is -0.494 e. The first kappa shape index (κ1) is 25.5. The molecule has 0 saturated carbocycles. The van der Waals surface area contributed by atoms with Crippen molar-refractivity contribution in [2.45, 2.75) is 30.9 Å². The van der Waals surface area contributed by atoms with Gasteiger partial charge in [0.05, 0.1) is 17.6 Å². The molecule has 1 atom stereocenters. The fourth-order valence-electron chi connectivity index (χ4n) is 3.49. The molecule has 1 heterocycles. The molecule has 2 amide bonds. The molecule has 184 valence electrons. The van der Waals surface area contributed by atoms with E-state index in [1.54, 1.807) is 6.07 Å². The maximum absolute atomic E-state index is 12.8. The van der Waals surface area contributed by atoms with Crippen molar-refractivity contribution in [3.8, 4) is 17.0 Å².